The van der Waals surface area contributed by atoms with Crippen LogP contribution in [0, 0.1) is 0 Å². The normalized spacial score (nSPS) is 28.1. The number of ether oxygens (including phenoxy) is 1. The van der Waals surface area contributed by atoms with Crippen molar-refractivity contribution in [1.82, 2.24) is 4.90 Å². The molecule has 0 spiro atoms. The van der Waals surface area contributed by atoms with Gasteiger partial charge in [0.2, 0.25) is 0 Å². The predicted molar refractivity (Wildman–Crippen MR) is 50.1 cm³/mol. The fourth-order valence-corrected chi connectivity index (χ4v) is 1.81. The van der Waals surface area contributed by atoms with Crippen molar-refractivity contribution in [3.8, 4) is 0 Å². The zero-order chi connectivity index (χ0) is 10.6. The maximum atomic E-state index is 10.4. The van der Waals surface area contributed by atoms with Crippen LogP contribution in [-0.4, -0.2) is 60.0 Å². The fraction of sp³-hybridized carbons (Fsp3) is 0.889. The number of likely N-dealkylation sites (tertiary alicyclic amines) is 1. The molecule has 5 nitrogen and oxygen atoms in total. The van der Waals surface area contributed by atoms with E-state index in [1.807, 2.05) is 4.90 Å². The maximum absolute atomic E-state index is 10.4. The highest BCUT2D eigenvalue weighted by atomic mass is 16.5. The van der Waals surface area contributed by atoms with Crippen molar-refractivity contribution in [3.05, 3.63) is 0 Å². The second kappa shape index (κ2) is 5.29. The van der Waals surface area contributed by atoms with Gasteiger partial charge < -0.3 is 14.9 Å². The molecule has 1 rings (SSSR count). The van der Waals surface area contributed by atoms with Crippen molar-refractivity contribution in [2.45, 2.75) is 25.0 Å². The van der Waals surface area contributed by atoms with Gasteiger partial charge in [0, 0.05) is 26.2 Å². The molecule has 0 aromatic heterocycles. The second-order valence-electron chi connectivity index (χ2n) is 3.57. The second-order valence-corrected chi connectivity index (χ2v) is 3.57. The van der Waals surface area contributed by atoms with Gasteiger partial charge in [-0.05, 0) is 6.42 Å². The van der Waals surface area contributed by atoms with Crippen LogP contribution in [0.1, 0.15) is 12.8 Å². The van der Waals surface area contributed by atoms with E-state index in [1.54, 1.807) is 7.11 Å². The molecule has 1 aliphatic heterocycles. The van der Waals surface area contributed by atoms with E-state index >= 15 is 0 Å². The predicted octanol–water partition coefficient (Wildman–Crippen LogP) is -0.457. The van der Waals surface area contributed by atoms with Gasteiger partial charge in [0.05, 0.1) is 19.1 Å². The average molecular weight is 203 g/mol. The number of aliphatic carboxylic acids is 1. The molecule has 0 amide bonds. The quantitative estimate of drug-likeness (QED) is 0.633. The third-order valence-electron chi connectivity index (χ3n) is 2.65. The number of aliphatic hydroxyl groups excluding tert-OH is 1. The van der Waals surface area contributed by atoms with Crippen molar-refractivity contribution >= 4 is 5.97 Å². The van der Waals surface area contributed by atoms with Crippen LogP contribution in [-0.2, 0) is 9.53 Å². The highest BCUT2D eigenvalue weighted by molar-refractivity contribution is 5.66. The number of nitrogens with zero attached hydrogens (tertiary/aromatic N) is 1. The van der Waals surface area contributed by atoms with E-state index in [2.05, 4.69) is 0 Å². The van der Waals surface area contributed by atoms with Crippen LogP contribution in [0.2, 0.25) is 0 Å². The number of hydrogen-bond acceptors (Lipinski definition) is 4. The smallest absolute Gasteiger partial charge is 0.304 e. The molecule has 2 N–H and O–H groups in total. The number of carbonyl (C=O) groups is 1. The third kappa shape index (κ3) is 2.94. The van der Waals surface area contributed by atoms with E-state index < -0.39 is 5.97 Å². The maximum Gasteiger partial charge on any atom is 0.304 e. The molecule has 1 fully saturated rings. The summed E-state index contributed by atoms with van der Waals surface area (Å²) in [5.41, 5.74) is 0. The first-order valence-electron chi connectivity index (χ1n) is 4.77. The molecule has 2 atom stereocenters. The van der Waals surface area contributed by atoms with Gasteiger partial charge in [0.1, 0.15) is 0 Å². The molecular weight excluding hydrogens is 186 g/mol. The molecule has 0 saturated carbocycles. The highest BCUT2D eigenvalue weighted by Gasteiger charge is 2.31. The van der Waals surface area contributed by atoms with Crippen LogP contribution in [0.5, 0.6) is 0 Å². The molecule has 5 heteroatoms. The van der Waals surface area contributed by atoms with Crippen molar-refractivity contribution in [1.29, 1.82) is 0 Å². The van der Waals surface area contributed by atoms with E-state index in [1.165, 1.54) is 0 Å². The van der Waals surface area contributed by atoms with E-state index in [0.717, 1.165) is 13.0 Å². The number of rotatable bonds is 5. The molecule has 1 aliphatic rings. The summed E-state index contributed by atoms with van der Waals surface area (Å²) in [7, 11) is 1.64. The van der Waals surface area contributed by atoms with Gasteiger partial charge in [-0.1, -0.05) is 0 Å². The molecule has 0 aliphatic carbocycles. The first-order chi connectivity index (χ1) is 6.67. The Morgan fingerprint density at radius 1 is 1.64 bits per heavy atom. The summed E-state index contributed by atoms with van der Waals surface area (Å²) >= 11 is 0. The molecule has 0 radical (unpaired) electrons. The first kappa shape index (κ1) is 11.4. The molecular formula is C9H17NO4. The zero-order valence-corrected chi connectivity index (χ0v) is 8.35. The van der Waals surface area contributed by atoms with Crippen LogP contribution in [0.4, 0.5) is 0 Å². The van der Waals surface area contributed by atoms with Crippen LogP contribution in [0.15, 0.2) is 0 Å². The van der Waals surface area contributed by atoms with Crippen LogP contribution in [0.25, 0.3) is 0 Å². The van der Waals surface area contributed by atoms with Gasteiger partial charge in [0.25, 0.3) is 0 Å². The number of methoxy groups -OCH3 is 1. The summed E-state index contributed by atoms with van der Waals surface area (Å²) in [6.45, 7) is 1.27. The van der Waals surface area contributed by atoms with E-state index in [0.29, 0.717) is 6.54 Å². The lowest BCUT2D eigenvalue weighted by atomic mass is 10.2. The SMILES string of the molecule is CO[C@@H]1C[C@@H](CO)N(CCC(=O)O)C1. The highest BCUT2D eigenvalue weighted by Crippen LogP contribution is 2.19. The summed E-state index contributed by atoms with van der Waals surface area (Å²) in [5, 5.41) is 17.6. The summed E-state index contributed by atoms with van der Waals surface area (Å²) < 4.78 is 5.18. The van der Waals surface area contributed by atoms with Crippen molar-refractivity contribution in [3.63, 3.8) is 0 Å². The summed E-state index contributed by atoms with van der Waals surface area (Å²) in [5.74, 6) is -0.803. The van der Waals surface area contributed by atoms with Gasteiger partial charge in [-0.3, -0.25) is 9.69 Å². The number of carboxylic acid groups (broad SMARTS) is 1. The van der Waals surface area contributed by atoms with Gasteiger partial charge in [-0.25, -0.2) is 0 Å². The Bertz CT molecular complexity index is 197. The van der Waals surface area contributed by atoms with E-state index in [4.69, 9.17) is 14.9 Å². The van der Waals surface area contributed by atoms with Crippen molar-refractivity contribution in [2.75, 3.05) is 26.8 Å². The average Bonchev–Trinajstić information content (AvgIpc) is 2.57. The molecule has 1 saturated heterocycles. The van der Waals surface area contributed by atoms with Crippen LogP contribution in [0.3, 0.4) is 0 Å². The number of hydrogen-bond donors (Lipinski definition) is 2. The monoisotopic (exact) mass is 203 g/mol. The Balaban J connectivity index is 2.38. The molecule has 1 heterocycles. The largest absolute Gasteiger partial charge is 0.481 e. The lowest BCUT2D eigenvalue weighted by molar-refractivity contribution is -0.137. The summed E-state index contributed by atoms with van der Waals surface area (Å²) in [4.78, 5) is 12.4. The fourth-order valence-electron chi connectivity index (χ4n) is 1.81. The van der Waals surface area contributed by atoms with Gasteiger partial charge in [-0.15, -0.1) is 0 Å². The standard InChI is InChI=1S/C9H17NO4/c1-14-8-4-7(6-11)10(5-8)3-2-9(12)13/h7-8,11H,2-6H2,1H3,(H,12,13)/t7-,8+/m0/s1. The lowest BCUT2D eigenvalue weighted by Crippen LogP contribution is -2.34. The summed E-state index contributed by atoms with van der Waals surface area (Å²) in [6, 6.07) is 0.0549. The van der Waals surface area contributed by atoms with E-state index in [9.17, 15) is 4.79 Å². The van der Waals surface area contributed by atoms with Gasteiger partial charge in [-0.2, -0.15) is 0 Å². The Hall–Kier alpha value is -0.650. The minimum Gasteiger partial charge on any atom is -0.481 e. The number of carboxylic acids is 1. The van der Waals surface area contributed by atoms with Gasteiger partial charge >= 0.3 is 5.97 Å². The Morgan fingerprint density at radius 2 is 2.36 bits per heavy atom. The Labute approximate surface area is 83.3 Å². The lowest BCUT2D eigenvalue weighted by Gasteiger charge is -2.20. The topological polar surface area (TPSA) is 70.0 Å². The molecule has 0 unspecified atom stereocenters. The van der Waals surface area contributed by atoms with Crippen LogP contribution < -0.4 is 0 Å². The Kier molecular flexibility index (Phi) is 4.31. The third-order valence-corrected chi connectivity index (χ3v) is 2.65. The van der Waals surface area contributed by atoms with Crippen LogP contribution >= 0.6 is 0 Å². The molecule has 82 valence electrons. The minimum absolute atomic E-state index is 0.0549. The molecule has 0 bridgehead atoms. The first-order valence-corrected chi connectivity index (χ1v) is 4.77. The minimum atomic E-state index is -0.803. The van der Waals surface area contributed by atoms with Crippen molar-refractivity contribution in [2.24, 2.45) is 0 Å². The molecule has 0 aromatic carbocycles. The Morgan fingerprint density at radius 3 is 2.86 bits per heavy atom. The zero-order valence-electron chi connectivity index (χ0n) is 8.35. The number of aliphatic hydroxyl groups is 1. The molecule has 0 aromatic rings. The molecule has 14 heavy (non-hydrogen) atoms. The van der Waals surface area contributed by atoms with Crippen molar-refractivity contribution < 1.29 is 19.7 Å². The van der Waals surface area contributed by atoms with Gasteiger partial charge in [0.15, 0.2) is 0 Å². The van der Waals surface area contributed by atoms with E-state index in [-0.39, 0.29) is 25.2 Å². The summed E-state index contributed by atoms with van der Waals surface area (Å²) in [6.07, 6.45) is 1.03.